The van der Waals surface area contributed by atoms with E-state index in [2.05, 4.69) is 52.0 Å². The maximum absolute atomic E-state index is 13.8. The number of rotatable bonds is 10. The lowest BCUT2D eigenvalue weighted by Gasteiger charge is -2.47. The number of carbonyl (C=O) groups is 2. The van der Waals surface area contributed by atoms with Gasteiger partial charge in [-0.1, -0.05) is 42.5 Å². The summed E-state index contributed by atoms with van der Waals surface area (Å²) >= 11 is 0. The first-order chi connectivity index (χ1) is 19.3. The maximum Gasteiger partial charge on any atom is 0.408 e. The highest BCUT2D eigenvalue weighted by atomic mass is 35.5. The van der Waals surface area contributed by atoms with Gasteiger partial charge in [-0.2, -0.15) is 0 Å². The van der Waals surface area contributed by atoms with Gasteiger partial charge in [-0.3, -0.25) is 10.2 Å². The van der Waals surface area contributed by atoms with Crippen molar-refractivity contribution in [2.45, 2.75) is 56.3 Å². The van der Waals surface area contributed by atoms with E-state index in [1.807, 2.05) is 30.3 Å². The van der Waals surface area contributed by atoms with Crippen LogP contribution in [0.3, 0.4) is 0 Å². The minimum absolute atomic E-state index is 0. The van der Waals surface area contributed by atoms with Crippen LogP contribution in [0.25, 0.3) is 10.9 Å². The Morgan fingerprint density at radius 1 is 1.20 bits per heavy atom. The number of alkyl carbamates (subject to hydrolysis) is 1. The molecule has 1 aliphatic heterocycles. The molecule has 1 aliphatic carbocycles. The third-order valence-corrected chi connectivity index (χ3v) is 8.43. The number of carbonyl (C=O) groups excluding carboxylic acids is 2. The minimum Gasteiger partial charge on any atom is -0.445 e. The monoisotopic (exact) mass is 581 g/mol. The van der Waals surface area contributed by atoms with Gasteiger partial charge in [-0.05, 0) is 61.4 Å². The van der Waals surface area contributed by atoms with Gasteiger partial charge in [0, 0.05) is 42.1 Å². The highest BCUT2D eigenvalue weighted by Crippen LogP contribution is 2.44. The molecule has 2 aliphatic rings. The molecule has 3 aromatic rings. The van der Waals surface area contributed by atoms with Gasteiger partial charge in [0.25, 0.3) is 0 Å². The van der Waals surface area contributed by atoms with Crippen molar-refractivity contribution in [3.05, 3.63) is 71.4 Å². The summed E-state index contributed by atoms with van der Waals surface area (Å²) in [5.74, 6) is -0.124. The van der Waals surface area contributed by atoms with Crippen LogP contribution in [0.5, 0.6) is 0 Å². The molecule has 1 aromatic heterocycles. The molecule has 2 aromatic carbocycles. The van der Waals surface area contributed by atoms with E-state index >= 15 is 0 Å². The molecular formula is C30H40ClN7O3. The Balaban J connectivity index is 0.00000387. The number of nitrogens with zero attached hydrogens (tertiary/aromatic N) is 1. The van der Waals surface area contributed by atoms with Crippen molar-refractivity contribution in [1.29, 1.82) is 5.41 Å². The average molecular weight is 582 g/mol. The van der Waals surface area contributed by atoms with Crippen LogP contribution in [0.15, 0.2) is 54.7 Å². The van der Waals surface area contributed by atoms with E-state index in [9.17, 15) is 9.59 Å². The molecule has 0 saturated carbocycles. The molecule has 1 saturated heterocycles. The van der Waals surface area contributed by atoms with Crippen molar-refractivity contribution < 1.29 is 14.3 Å². The Labute approximate surface area is 246 Å². The fraction of sp³-hybridized carbons (Fsp3) is 0.433. The first-order valence-electron chi connectivity index (χ1n) is 14.0. The molecule has 0 bridgehead atoms. The maximum atomic E-state index is 13.8. The Morgan fingerprint density at radius 2 is 1.98 bits per heavy atom. The molecule has 5 atom stereocenters. The second kappa shape index (κ2) is 13.4. The molecule has 2 unspecified atom stereocenters. The molecule has 11 heteroatoms. The normalized spacial score (nSPS) is 21.2. The second-order valence-corrected chi connectivity index (χ2v) is 11.1. The van der Waals surface area contributed by atoms with Gasteiger partial charge in [-0.25, -0.2) is 4.79 Å². The van der Waals surface area contributed by atoms with Crippen LogP contribution in [-0.2, 0) is 22.6 Å². The smallest absolute Gasteiger partial charge is 0.408 e. The summed E-state index contributed by atoms with van der Waals surface area (Å²) in [6.07, 6.45) is 4.11. The molecule has 1 amide bonds. The number of likely N-dealkylation sites (N-methyl/N-ethyl adjacent to an activating group) is 1. The number of ether oxygens (including phenoxy) is 1. The van der Waals surface area contributed by atoms with Gasteiger partial charge in [0.15, 0.2) is 11.7 Å². The summed E-state index contributed by atoms with van der Waals surface area (Å²) in [6.45, 7) is 1.23. The largest absolute Gasteiger partial charge is 0.445 e. The van der Waals surface area contributed by atoms with Gasteiger partial charge in [0.2, 0.25) is 0 Å². The number of amides is 1. The van der Waals surface area contributed by atoms with Crippen LogP contribution >= 0.6 is 12.4 Å². The lowest BCUT2D eigenvalue weighted by Crippen LogP contribution is -2.57. The SMILES string of the molecule is CN1CC(C(N)C(=O)[C@H](CCCNC(=N)N)NC(=O)OCc2ccccc2)C[C@@H]2c3cccc4[nH]cc(c34)C[C@H]21.Cl. The van der Waals surface area contributed by atoms with Crippen molar-refractivity contribution in [3.8, 4) is 0 Å². The number of benzene rings is 2. The predicted molar refractivity (Wildman–Crippen MR) is 162 cm³/mol. The number of guanidine groups is 1. The number of likely N-dealkylation sites (tertiary alicyclic amines) is 1. The van der Waals surface area contributed by atoms with Crippen LogP contribution in [-0.4, -0.2) is 66.0 Å². The Hall–Kier alpha value is -3.60. The summed E-state index contributed by atoms with van der Waals surface area (Å²) in [5.41, 5.74) is 16.8. The zero-order valence-electron chi connectivity index (χ0n) is 23.3. The second-order valence-electron chi connectivity index (χ2n) is 11.1. The van der Waals surface area contributed by atoms with Gasteiger partial charge < -0.3 is 36.7 Å². The number of nitrogens with one attached hydrogen (secondary N) is 4. The van der Waals surface area contributed by atoms with Crippen molar-refractivity contribution >= 4 is 41.1 Å². The highest BCUT2D eigenvalue weighted by molar-refractivity contribution is 5.92. The number of ketones is 1. The van der Waals surface area contributed by atoms with Crippen LogP contribution in [0.4, 0.5) is 4.79 Å². The van der Waals surface area contributed by atoms with Crippen molar-refractivity contribution in [3.63, 3.8) is 0 Å². The molecular weight excluding hydrogens is 542 g/mol. The number of aromatic amines is 1. The predicted octanol–water partition coefficient (Wildman–Crippen LogP) is 3.00. The molecule has 8 N–H and O–H groups in total. The van der Waals surface area contributed by atoms with E-state index in [1.165, 1.54) is 16.5 Å². The van der Waals surface area contributed by atoms with E-state index in [0.29, 0.717) is 32.0 Å². The van der Waals surface area contributed by atoms with Crippen LogP contribution in [0.1, 0.15) is 41.9 Å². The van der Waals surface area contributed by atoms with Gasteiger partial charge in [0.1, 0.15) is 6.61 Å². The topological polar surface area (TPSA) is 162 Å². The summed E-state index contributed by atoms with van der Waals surface area (Å²) in [7, 11) is 2.11. The van der Waals surface area contributed by atoms with E-state index in [0.717, 1.165) is 23.9 Å². The number of H-pyrrole nitrogens is 1. The first kappa shape index (κ1) is 30.4. The van der Waals surface area contributed by atoms with Gasteiger partial charge >= 0.3 is 6.09 Å². The fourth-order valence-corrected chi connectivity index (χ4v) is 6.43. The standard InChI is InChI=1S/C30H39N7O3.ClH/c1-37-16-20(13-22-21-9-5-10-23-26(21)19(15-35-23)14-25(22)37)27(31)28(38)24(11-6-12-34-29(32)33)36-30(39)40-17-18-7-3-2-4-8-18;/h2-5,7-10,15,20,22,24-25,27,35H,6,11-14,16-17,31H2,1H3,(H,36,39)(H4,32,33,34);1H/t20?,22-,24+,25-,27?;/m1./s1. The summed E-state index contributed by atoms with van der Waals surface area (Å²) < 4.78 is 5.40. The molecule has 2 heterocycles. The third kappa shape index (κ3) is 6.83. The van der Waals surface area contributed by atoms with Crippen molar-refractivity contribution in [1.82, 2.24) is 20.5 Å². The molecule has 10 nitrogen and oxygen atoms in total. The first-order valence-corrected chi connectivity index (χ1v) is 14.0. The number of halogens is 1. The zero-order valence-corrected chi connectivity index (χ0v) is 24.1. The van der Waals surface area contributed by atoms with Crippen LogP contribution < -0.4 is 22.1 Å². The van der Waals surface area contributed by atoms with Gasteiger partial charge in [-0.15, -0.1) is 12.4 Å². The number of fused-ring (bicyclic) bond motifs is 2. The number of nitrogens with two attached hydrogens (primary N) is 2. The number of Topliss-reactive ketones (excluding diaryl/α,β-unsaturated/α-hetero) is 1. The van der Waals surface area contributed by atoms with Crippen LogP contribution in [0, 0.1) is 11.3 Å². The number of aromatic nitrogens is 1. The lowest BCUT2D eigenvalue weighted by atomic mass is 9.70. The molecule has 5 rings (SSSR count). The molecule has 220 valence electrons. The zero-order chi connectivity index (χ0) is 28.2. The summed E-state index contributed by atoms with van der Waals surface area (Å²) in [4.78, 5) is 32.2. The average Bonchev–Trinajstić information content (AvgIpc) is 3.37. The van der Waals surface area contributed by atoms with E-state index < -0.39 is 18.2 Å². The van der Waals surface area contributed by atoms with E-state index in [-0.39, 0.29) is 42.6 Å². The fourth-order valence-electron chi connectivity index (χ4n) is 6.43. The van der Waals surface area contributed by atoms with Crippen LogP contribution in [0.2, 0.25) is 0 Å². The van der Waals surface area contributed by atoms with E-state index in [1.54, 1.807) is 0 Å². The molecule has 0 spiro atoms. The third-order valence-electron chi connectivity index (χ3n) is 8.43. The summed E-state index contributed by atoms with van der Waals surface area (Å²) in [6, 6.07) is 14.6. The Bertz CT molecular complexity index is 1360. The Morgan fingerprint density at radius 3 is 2.73 bits per heavy atom. The molecule has 0 radical (unpaired) electrons. The van der Waals surface area contributed by atoms with E-state index in [4.69, 9.17) is 21.6 Å². The highest BCUT2D eigenvalue weighted by Gasteiger charge is 2.43. The number of hydrogen-bond donors (Lipinski definition) is 6. The summed E-state index contributed by atoms with van der Waals surface area (Å²) in [5, 5.41) is 14.2. The number of piperidine rings is 1. The molecule has 41 heavy (non-hydrogen) atoms. The lowest BCUT2D eigenvalue weighted by molar-refractivity contribution is -0.124. The van der Waals surface area contributed by atoms with Crippen molar-refractivity contribution in [2.24, 2.45) is 17.4 Å². The molecule has 1 fully saturated rings. The quantitative estimate of drug-likeness (QED) is 0.122. The Kier molecular flexibility index (Phi) is 9.90. The van der Waals surface area contributed by atoms with Gasteiger partial charge in [0.05, 0.1) is 12.1 Å². The minimum atomic E-state index is -0.805. The van der Waals surface area contributed by atoms with Crippen molar-refractivity contribution in [2.75, 3.05) is 20.1 Å². The number of hydrogen-bond acceptors (Lipinski definition) is 6.